The van der Waals surface area contributed by atoms with Crippen molar-refractivity contribution >= 4 is 47.8 Å². The number of halogens is 1. The summed E-state index contributed by atoms with van der Waals surface area (Å²) in [5.74, 6) is -0.868. The largest absolute Gasteiger partial charge is 0.508 e. The molecule has 1 aliphatic rings. The van der Waals surface area contributed by atoms with Gasteiger partial charge in [0.15, 0.2) is 0 Å². The highest BCUT2D eigenvalue weighted by Gasteiger charge is 2.42. The van der Waals surface area contributed by atoms with Crippen LogP contribution in [0.3, 0.4) is 0 Å². The number of carbonyl (C=O) groups excluding carboxylic acids is 3. The molecule has 200 valence electrons. The molecule has 0 heterocycles. The van der Waals surface area contributed by atoms with E-state index in [1.165, 1.54) is 17.0 Å². The van der Waals surface area contributed by atoms with Gasteiger partial charge < -0.3 is 25.4 Å². The van der Waals surface area contributed by atoms with Crippen molar-refractivity contribution < 1.29 is 24.2 Å². The molecule has 8 nitrogen and oxygen atoms in total. The van der Waals surface area contributed by atoms with Gasteiger partial charge in [-0.05, 0) is 76.3 Å². The number of alkyl carbamates (subject to hydrolysis) is 1. The van der Waals surface area contributed by atoms with E-state index in [0.29, 0.717) is 29.1 Å². The van der Waals surface area contributed by atoms with E-state index in [-0.39, 0.29) is 17.5 Å². The SMILES string of the molecule is Cc1cccc(Cl)c1NC(=O)C(c1ccc(O)cc1)N(C(=O)C(CS)NC(=O)OC(C)(C)C)C1CCC1. The number of phenols is 1. The quantitative estimate of drug-likeness (QED) is 0.338. The van der Waals surface area contributed by atoms with Crippen LogP contribution in [0.15, 0.2) is 42.5 Å². The van der Waals surface area contributed by atoms with Crippen LogP contribution in [0.4, 0.5) is 10.5 Å². The van der Waals surface area contributed by atoms with Crippen molar-refractivity contribution in [2.24, 2.45) is 0 Å². The number of aryl methyl sites for hydroxylation is 1. The third kappa shape index (κ3) is 7.32. The molecule has 0 spiro atoms. The predicted octanol–water partition coefficient (Wildman–Crippen LogP) is 5.24. The van der Waals surface area contributed by atoms with Gasteiger partial charge in [0.25, 0.3) is 5.91 Å². The number of nitrogens with one attached hydrogen (secondary N) is 2. The molecule has 0 aromatic heterocycles. The number of carbonyl (C=O) groups is 3. The summed E-state index contributed by atoms with van der Waals surface area (Å²) in [5, 5.41) is 15.7. The Bertz CT molecular complexity index is 1110. The summed E-state index contributed by atoms with van der Waals surface area (Å²) in [7, 11) is 0. The first-order valence-electron chi connectivity index (χ1n) is 12.2. The molecule has 0 radical (unpaired) electrons. The van der Waals surface area contributed by atoms with Crippen molar-refractivity contribution in [2.45, 2.75) is 70.7 Å². The summed E-state index contributed by atoms with van der Waals surface area (Å²) in [5.41, 5.74) is 0.988. The highest BCUT2D eigenvalue weighted by Crippen LogP contribution is 2.36. The maximum Gasteiger partial charge on any atom is 0.408 e. The number of ether oxygens (including phenoxy) is 1. The highest BCUT2D eigenvalue weighted by atomic mass is 35.5. The minimum atomic E-state index is -1.04. The standard InChI is InChI=1S/C27H34ClN3O5S/c1-16-7-5-10-20(28)22(16)30-24(33)23(17-11-13-19(32)14-12-17)31(18-8-6-9-18)25(34)21(15-37)29-26(35)36-27(2,3)4/h5,7,10-14,18,21,23,32,37H,6,8-9,15H2,1-4H3,(H,29,35)(H,30,33). The third-order valence-corrected chi connectivity index (χ3v) is 6.78. The average Bonchev–Trinajstić information content (AvgIpc) is 2.78. The fourth-order valence-corrected chi connectivity index (χ4v) is 4.59. The van der Waals surface area contributed by atoms with Gasteiger partial charge in [0, 0.05) is 11.8 Å². The Morgan fingerprint density at radius 3 is 2.32 bits per heavy atom. The monoisotopic (exact) mass is 547 g/mol. The Labute approximate surface area is 228 Å². The van der Waals surface area contributed by atoms with Crippen LogP contribution in [-0.2, 0) is 14.3 Å². The molecule has 0 saturated heterocycles. The Morgan fingerprint density at radius 1 is 1.16 bits per heavy atom. The third-order valence-electron chi connectivity index (χ3n) is 6.10. The molecule has 2 atom stereocenters. The number of hydrogen-bond acceptors (Lipinski definition) is 6. The highest BCUT2D eigenvalue weighted by molar-refractivity contribution is 7.80. The molecule has 0 aliphatic heterocycles. The van der Waals surface area contributed by atoms with E-state index < -0.39 is 35.6 Å². The first kappa shape index (κ1) is 28.7. The molecule has 2 aromatic carbocycles. The fourth-order valence-electron chi connectivity index (χ4n) is 4.07. The molecule has 2 unspecified atom stereocenters. The summed E-state index contributed by atoms with van der Waals surface area (Å²) in [6.45, 7) is 7.01. The van der Waals surface area contributed by atoms with E-state index in [1.54, 1.807) is 45.0 Å². The molecule has 10 heteroatoms. The van der Waals surface area contributed by atoms with E-state index in [2.05, 4.69) is 23.3 Å². The number of hydrogen-bond donors (Lipinski definition) is 4. The number of rotatable bonds is 8. The Kier molecular flexibility index (Phi) is 9.36. The number of phenolic OH excluding ortho intramolecular Hbond substituents is 1. The molecule has 0 bridgehead atoms. The van der Waals surface area contributed by atoms with Crippen LogP contribution in [0.25, 0.3) is 0 Å². The summed E-state index contributed by atoms with van der Waals surface area (Å²) in [4.78, 5) is 41.8. The van der Waals surface area contributed by atoms with Crippen LogP contribution in [0.1, 0.15) is 57.2 Å². The maximum absolute atomic E-state index is 13.9. The van der Waals surface area contributed by atoms with E-state index in [1.807, 2.05) is 13.0 Å². The Morgan fingerprint density at radius 2 is 1.81 bits per heavy atom. The molecule has 1 saturated carbocycles. The van der Waals surface area contributed by atoms with Crippen molar-refractivity contribution in [2.75, 3.05) is 11.1 Å². The van der Waals surface area contributed by atoms with Gasteiger partial charge in [-0.15, -0.1) is 0 Å². The fraction of sp³-hybridized carbons (Fsp3) is 0.444. The van der Waals surface area contributed by atoms with E-state index in [9.17, 15) is 19.5 Å². The molecule has 37 heavy (non-hydrogen) atoms. The lowest BCUT2D eigenvalue weighted by molar-refractivity contribution is -0.145. The molecule has 3 N–H and O–H groups in total. The van der Waals surface area contributed by atoms with Gasteiger partial charge >= 0.3 is 6.09 Å². The van der Waals surface area contributed by atoms with Gasteiger partial charge in [0.05, 0.1) is 10.7 Å². The van der Waals surface area contributed by atoms with Crippen molar-refractivity contribution in [3.8, 4) is 5.75 Å². The minimum absolute atomic E-state index is 0.00876. The van der Waals surface area contributed by atoms with Gasteiger partial charge in [-0.2, -0.15) is 12.6 Å². The van der Waals surface area contributed by atoms with Crippen molar-refractivity contribution in [1.82, 2.24) is 10.2 Å². The summed E-state index contributed by atoms with van der Waals surface area (Å²) in [6.07, 6.45) is 1.59. The molecule has 3 amide bonds. The van der Waals surface area contributed by atoms with Gasteiger partial charge in [-0.3, -0.25) is 9.59 Å². The van der Waals surface area contributed by atoms with Crippen LogP contribution in [0.2, 0.25) is 5.02 Å². The molecule has 3 rings (SSSR count). The van der Waals surface area contributed by atoms with Crippen molar-refractivity contribution in [3.63, 3.8) is 0 Å². The topological polar surface area (TPSA) is 108 Å². The number of thiol groups is 1. The first-order valence-corrected chi connectivity index (χ1v) is 13.2. The number of para-hydroxylation sites is 1. The number of amides is 3. The summed E-state index contributed by atoms with van der Waals surface area (Å²) in [6, 6.07) is 9.16. The van der Waals surface area contributed by atoms with Crippen molar-refractivity contribution in [1.29, 1.82) is 0 Å². The molecular formula is C27H34ClN3O5S. The zero-order chi connectivity index (χ0) is 27.3. The second-order valence-electron chi connectivity index (χ2n) is 10.1. The lowest BCUT2D eigenvalue weighted by Gasteiger charge is -2.43. The number of anilines is 1. The summed E-state index contributed by atoms with van der Waals surface area (Å²) >= 11 is 10.7. The zero-order valence-electron chi connectivity index (χ0n) is 21.5. The minimum Gasteiger partial charge on any atom is -0.508 e. The zero-order valence-corrected chi connectivity index (χ0v) is 23.1. The maximum atomic E-state index is 13.9. The first-order chi connectivity index (χ1) is 17.4. The molecule has 1 aliphatic carbocycles. The number of aromatic hydroxyl groups is 1. The predicted molar refractivity (Wildman–Crippen MR) is 147 cm³/mol. The smallest absolute Gasteiger partial charge is 0.408 e. The van der Waals surface area contributed by atoms with Crippen LogP contribution in [0.5, 0.6) is 5.75 Å². The van der Waals surface area contributed by atoms with Gasteiger partial charge in [-0.25, -0.2) is 4.79 Å². The lowest BCUT2D eigenvalue weighted by atomic mass is 9.88. The summed E-state index contributed by atoms with van der Waals surface area (Å²) < 4.78 is 5.34. The van der Waals surface area contributed by atoms with Gasteiger partial charge in [-0.1, -0.05) is 35.9 Å². The molecule has 1 fully saturated rings. The van der Waals surface area contributed by atoms with Crippen LogP contribution >= 0.6 is 24.2 Å². The number of nitrogens with zero attached hydrogens (tertiary/aromatic N) is 1. The van der Waals surface area contributed by atoms with Gasteiger partial charge in [0.2, 0.25) is 5.91 Å². The Hall–Kier alpha value is -2.91. The van der Waals surface area contributed by atoms with Crippen LogP contribution in [0, 0.1) is 6.92 Å². The van der Waals surface area contributed by atoms with E-state index >= 15 is 0 Å². The number of benzene rings is 2. The molecular weight excluding hydrogens is 514 g/mol. The Balaban J connectivity index is 2.00. The van der Waals surface area contributed by atoms with Crippen LogP contribution in [-0.4, -0.2) is 51.4 Å². The van der Waals surface area contributed by atoms with Crippen LogP contribution < -0.4 is 10.6 Å². The van der Waals surface area contributed by atoms with Gasteiger partial charge in [0.1, 0.15) is 23.4 Å². The molecule has 2 aromatic rings. The van der Waals surface area contributed by atoms with Crippen molar-refractivity contribution in [3.05, 3.63) is 58.6 Å². The van der Waals surface area contributed by atoms with E-state index in [0.717, 1.165) is 12.0 Å². The second kappa shape index (κ2) is 12.1. The normalized spacial score (nSPS) is 15.2. The average molecular weight is 548 g/mol. The van der Waals surface area contributed by atoms with E-state index in [4.69, 9.17) is 16.3 Å². The lowest BCUT2D eigenvalue weighted by Crippen LogP contribution is -2.57. The second-order valence-corrected chi connectivity index (χ2v) is 10.9.